The first kappa shape index (κ1) is 20.6. The van der Waals surface area contributed by atoms with Gasteiger partial charge in [0.1, 0.15) is 5.75 Å². The standard InChI is InChI=1S/C30H36O/c1-19-18-26(30(3,4)21-12-6-5-7-13-21)29(31)27(20(19)2)28-24-16-10-8-14-22(24)23-15-9-11-17-25(23)28/h5-7,12-13,18,22,31H,8-11,14-17H2,1-4H3. The highest BCUT2D eigenvalue weighted by Gasteiger charge is 2.39. The Kier molecular flexibility index (Phi) is 5.12. The molecule has 1 nitrogen and oxygen atoms in total. The van der Waals surface area contributed by atoms with Crippen LogP contribution in [-0.2, 0) is 5.41 Å². The van der Waals surface area contributed by atoms with E-state index in [-0.39, 0.29) is 5.41 Å². The van der Waals surface area contributed by atoms with E-state index in [1.54, 1.807) is 16.7 Å². The van der Waals surface area contributed by atoms with E-state index in [1.807, 2.05) is 0 Å². The van der Waals surface area contributed by atoms with Gasteiger partial charge in [0.2, 0.25) is 0 Å². The molecule has 0 saturated heterocycles. The fraction of sp³-hybridized carbons (Fsp3) is 0.467. The van der Waals surface area contributed by atoms with Crippen molar-refractivity contribution in [2.24, 2.45) is 5.92 Å². The lowest BCUT2D eigenvalue weighted by Crippen LogP contribution is -2.20. The Morgan fingerprint density at radius 1 is 0.871 bits per heavy atom. The molecule has 2 aromatic carbocycles. The molecule has 1 N–H and O–H groups in total. The maximum atomic E-state index is 11.9. The van der Waals surface area contributed by atoms with Crippen LogP contribution in [0.3, 0.4) is 0 Å². The summed E-state index contributed by atoms with van der Waals surface area (Å²) < 4.78 is 0. The second-order valence-corrected chi connectivity index (χ2v) is 10.5. The van der Waals surface area contributed by atoms with Gasteiger partial charge < -0.3 is 5.11 Å². The zero-order valence-corrected chi connectivity index (χ0v) is 19.6. The summed E-state index contributed by atoms with van der Waals surface area (Å²) in [7, 11) is 0. The molecular formula is C30H36O. The van der Waals surface area contributed by atoms with E-state index in [0.29, 0.717) is 11.7 Å². The van der Waals surface area contributed by atoms with Crippen molar-refractivity contribution < 1.29 is 5.11 Å². The summed E-state index contributed by atoms with van der Waals surface area (Å²) in [5.74, 6) is 1.17. The van der Waals surface area contributed by atoms with Crippen molar-refractivity contribution in [2.45, 2.75) is 84.5 Å². The number of benzene rings is 2. The minimum atomic E-state index is -0.252. The summed E-state index contributed by atoms with van der Waals surface area (Å²) in [6.45, 7) is 8.93. The maximum absolute atomic E-state index is 11.9. The van der Waals surface area contributed by atoms with Gasteiger partial charge in [-0.3, -0.25) is 0 Å². The molecule has 1 heteroatoms. The summed E-state index contributed by atoms with van der Waals surface area (Å²) in [6, 6.07) is 12.9. The first-order chi connectivity index (χ1) is 14.9. The molecule has 5 rings (SSSR count). The summed E-state index contributed by atoms with van der Waals surface area (Å²) in [5.41, 5.74) is 12.2. The molecule has 162 valence electrons. The van der Waals surface area contributed by atoms with Crippen molar-refractivity contribution in [3.05, 3.63) is 80.9 Å². The first-order valence-corrected chi connectivity index (χ1v) is 12.3. The van der Waals surface area contributed by atoms with Gasteiger partial charge in [-0.05, 0) is 86.6 Å². The molecule has 1 fully saturated rings. The zero-order valence-electron chi connectivity index (χ0n) is 19.6. The molecule has 0 aromatic heterocycles. The zero-order chi connectivity index (χ0) is 21.8. The molecule has 0 radical (unpaired) electrons. The van der Waals surface area contributed by atoms with E-state index in [2.05, 4.69) is 64.1 Å². The van der Waals surface area contributed by atoms with Crippen molar-refractivity contribution in [3.8, 4) is 5.75 Å². The number of allylic oxidation sites excluding steroid dienone is 4. The summed E-state index contributed by atoms with van der Waals surface area (Å²) in [4.78, 5) is 0. The van der Waals surface area contributed by atoms with E-state index in [1.165, 1.54) is 73.6 Å². The van der Waals surface area contributed by atoms with Gasteiger partial charge in [0.25, 0.3) is 0 Å². The number of fused-ring (bicyclic) bond motifs is 2. The first-order valence-electron chi connectivity index (χ1n) is 12.3. The molecule has 2 aromatic rings. The van der Waals surface area contributed by atoms with E-state index >= 15 is 0 Å². The number of phenols is 1. The van der Waals surface area contributed by atoms with Crippen molar-refractivity contribution in [1.82, 2.24) is 0 Å². The number of rotatable bonds is 3. The quantitative estimate of drug-likeness (QED) is 0.539. The summed E-state index contributed by atoms with van der Waals surface area (Å²) in [5, 5.41) is 11.9. The SMILES string of the molecule is Cc1cc(C(C)(C)c2ccccc2)c(O)c(C2=C3CCCCC3C3=C2CCCC3)c1C. The van der Waals surface area contributed by atoms with Crippen LogP contribution < -0.4 is 0 Å². The van der Waals surface area contributed by atoms with Gasteiger partial charge in [-0.15, -0.1) is 0 Å². The summed E-state index contributed by atoms with van der Waals surface area (Å²) >= 11 is 0. The van der Waals surface area contributed by atoms with Gasteiger partial charge in [-0.1, -0.05) is 67.8 Å². The number of hydrogen-bond acceptors (Lipinski definition) is 1. The minimum Gasteiger partial charge on any atom is -0.507 e. The number of aromatic hydroxyl groups is 1. The summed E-state index contributed by atoms with van der Waals surface area (Å²) in [6.07, 6.45) is 10.2. The molecule has 3 aliphatic carbocycles. The number of aryl methyl sites for hydroxylation is 1. The maximum Gasteiger partial charge on any atom is 0.127 e. The third-order valence-electron chi connectivity index (χ3n) is 8.40. The number of phenolic OH excluding ortho intramolecular Hbond substituents is 1. The molecule has 1 atom stereocenters. The highest BCUT2D eigenvalue weighted by molar-refractivity contribution is 5.91. The minimum absolute atomic E-state index is 0.252. The van der Waals surface area contributed by atoms with Gasteiger partial charge in [0, 0.05) is 22.5 Å². The van der Waals surface area contributed by atoms with Crippen LogP contribution in [0.5, 0.6) is 5.75 Å². The lowest BCUT2D eigenvalue weighted by molar-refractivity contribution is 0.450. The average molecular weight is 413 g/mol. The lowest BCUT2D eigenvalue weighted by Gasteiger charge is -2.30. The van der Waals surface area contributed by atoms with Gasteiger partial charge >= 0.3 is 0 Å². The van der Waals surface area contributed by atoms with Gasteiger partial charge in [0.15, 0.2) is 0 Å². The molecule has 1 unspecified atom stereocenters. The molecule has 31 heavy (non-hydrogen) atoms. The van der Waals surface area contributed by atoms with Gasteiger partial charge in [-0.2, -0.15) is 0 Å². The topological polar surface area (TPSA) is 20.2 Å². The van der Waals surface area contributed by atoms with Gasteiger partial charge in [0.05, 0.1) is 0 Å². The van der Waals surface area contributed by atoms with Crippen LogP contribution in [0.1, 0.15) is 93.0 Å². The molecule has 0 amide bonds. The van der Waals surface area contributed by atoms with Crippen LogP contribution in [0.15, 0.2) is 53.1 Å². The predicted octanol–water partition coefficient (Wildman–Crippen LogP) is 8.16. The second kappa shape index (κ2) is 7.69. The van der Waals surface area contributed by atoms with Crippen LogP contribution in [0.2, 0.25) is 0 Å². The largest absolute Gasteiger partial charge is 0.507 e. The van der Waals surface area contributed by atoms with Crippen LogP contribution in [0.25, 0.3) is 5.57 Å². The molecule has 0 heterocycles. The Morgan fingerprint density at radius 3 is 2.32 bits per heavy atom. The Balaban J connectivity index is 1.75. The fourth-order valence-corrected chi connectivity index (χ4v) is 6.50. The Labute approximate surface area is 187 Å². The van der Waals surface area contributed by atoms with E-state index in [4.69, 9.17) is 0 Å². The molecule has 3 aliphatic rings. The van der Waals surface area contributed by atoms with Crippen molar-refractivity contribution in [3.63, 3.8) is 0 Å². The van der Waals surface area contributed by atoms with Crippen LogP contribution >= 0.6 is 0 Å². The van der Waals surface area contributed by atoms with Crippen molar-refractivity contribution in [1.29, 1.82) is 0 Å². The van der Waals surface area contributed by atoms with Crippen molar-refractivity contribution >= 4 is 5.57 Å². The van der Waals surface area contributed by atoms with Gasteiger partial charge in [-0.25, -0.2) is 0 Å². The van der Waals surface area contributed by atoms with E-state index < -0.39 is 0 Å². The lowest BCUT2D eigenvalue weighted by atomic mass is 9.74. The number of hydrogen-bond donors (Lipinski definition) is 1. The van der Waals surface area contributed by atoms with E-state index in [9.17, 15) is 5.11 Å². The second-order valence-electron chi connectivity index (χ2n) is 10.5. The molecule has 0 aliphatic heterocycles. The van der Waals surface area contributed by atoms with Crippen LogP contribution in [0, 0.1) is 19.8 Å². The Bertz CT molecular complexity index is 1080. The molecule has 1 saturated carbocycles. The molecular weight excluding hydrogens is 376 g/mol. The normalized spacial score (nSPS) is 21.4. The van der Waals surface area contributed by atoms with Crippen LogP contribution in [-0.4, -0.2) is 5.11 Å². The molecule has 0 bridgehead atoms. The Morgan fingerprint density at radius 2 is 1.55 bits per heavy atom. The average Bonchev–Trinajstić information content (AvgIpc) is 3.11. The van der Waals surface area contributed by atoms with Crippen molar-refractivity contribution in [2.75, 3.05) is 0 Å². The monoisotopic (exact) mass is 412 g/mol. The van der Waals surface area contributed by atoms with Crippen LogP contribution in [0.4, 0.5) is 0 Å². The highest BCUT2D eigenvalue weighted by atomic mass is 16.3. The van der Waals surface area contributed by atoms with E-state index in [0.717, 1.165) is 11.1 Å². The third kappa shape index (κ3) is 3.20. The molecule has 0 spiro atoms. The third-order valence-corrected chi connectivity index (χ3v) is 8.40. The highest BCUT2D eigenvalue weighted by Crippen LogP contribution is 2.56. The predicted molar refractivity (Wildman–Crippen MR) is 131 cm³/mol. The fourth-order valence-electron chi connectivity index (χ4n) is 6.50. The Hall–Kier alpha value is -2.28. The smallest absolute Gasteiger partial charge is 0.127 e.